The third-order valence-electron chi connectivity index (χ3n) is 2.79. The average molecular weight is 313 g/mol. The number of sulfonamides is 1. The van der Waals surface area contributed by atoms with Crippen molar-refractivity contribution in [1.82, 2.24) is 15.2 Å². The second-order valence-electron chi connectivity index (χ2n) is 4.55. The Hall–Kier alpha value is -1.77. The number of hydrogen-bond donors (Lipinski definition) is 2. The highest BCUT2D eigenvalue weighted by Crippen LogP contribution is 2.16. The third kappa shape index (κ3) is 3.87. The molecule has 0 radical (unpaired) electrons. The molecule has 0 spiro atoms. The van der Waals surface area contributed by atoms with Crippen LogP contribution >= 0.6 is 0 Å². The first kappa shape index (κ1) is 15.6. The molecule has 0 bridgehead atoms. The normalized spacial score (nSPS) is 11.8. The maximum absolute atomic E-state index is 13.9. The van der Waals surface area contributed by atoms with Crippen molar-refractivity contribution in [3.8, 4) is 0 Å². The number of aryl methyl sites for hydroxylation is 1. The van der Waals surface area contributed by atoms with Crippen molar-refractivity contribution < 1.29 is 17.3 Å². The fourth-order valence-corrected chi connectivity index (χ4v) is 2.88. The summed E-state index contributed by atoms with van der Waals surface area (Å²) in [6.45, 7) is 2.10. The second kappa shape index (κ2) is 6.33. The molecule has 6 nitrogen and oxygen atoms in total. The lowest BCUT2D eigenvalue weighted by molar-refractivity contribution is 0.390. The molecule has 0 saturated carbocycles. The molecule has 0 saturated heterocycles. The minimum Gasteiger partial charge on any atom is -0.361 e. The standard InChI is InChI=1S/C13H16FN3O3S/c1-9-5-11(17-20-9)8-16-21(18,19)13-4-3-10(7-15-2)6-12(13)14/h3-6,15-16H,7-8H2,1-2H3. The number of aromatic nitrogens is 1. The van der Waals surface area contributed by atoms with Gasteiger partial charge in [0.25, 0.3) is 0 Å². The largest absolute Gasteiger partial charge is 0.361 e. The molecule has 1 aromatic heterocycles. The van der Waals surface area contributed by atoms with Gasteiger partial charge < -0.3 is 9.84 Å². The maximum atomic E-state index is 13.9. The zero-order valence-corrected chi connectivity index (χ0v) is 12.5. The van der Waals surface area contributed by atoms with Gasteiger partial charge in [0.05, 0.1) is 12.2 Å². The van der Waals surface area contributed by atoms with E-state index in [-0.39, 0.29) is 11.4 Å². The molecule has 0 atom stereocenters. The van der Waals surface area contributed by atoms with Crippen LogP contribution in [-0.4, -0.2) is 20.6 Å². The van der Waals surface area contributed by atoms with E-state index in [2.05, 4.69) is 15.2 Å². The van der Waals surface area contributed by atoms with E-state index in [0.29, 0.717) is 23.6 Å². The summed E-state index contributed by atoms with van der Waals surface area (Å²) >= 11 is 0. The Kier molecular flexibility index (Phi) is 4.71. The van der Waals surface area contributed by atoms with E-state index in [4.69, 9.17) is 4.52 Å². The summed E-state index contributed by atoms with van der Waals surface area (Å²) in [5.74, 6) is -0.210. The van der Waals surface area contributed by atoms with Crippen molar-refractivity contribution in [2.75, 3.05) is 7.05 Å². The molecule has 2 aromatic rings. The summed E-state index contributed by atoms with van der Waals surface area (Å²) in [4.78, 5) is -0.387. The van der Waals surface area contributed by atoms with Crippen LogP contribution in [0.2, 0.25) is 0 Å². The molecule has 21 heavy (non-hydrogen) atoms. The molecule has 2 rings (SSSR count). The first-order chi connectivity index (χ1) is 9.92. The third-order valence-corrected chi connectivity index (χ3v) is 4.22. The molecule has 0 fully saturated rings. The minimum atomic E-state index is -3.94. The van der Waals surface area contributed by atoms with E-state index in [0.717, 1.165) is 0 Å². The van der Waals surface area contributed by atoms with Crippen LogP contribution < -0.4 is 10.0 Å². The van der Waals surface area contributed by atoms with Gasteiger partial charge in [0, 0.05) is 12.6 Å². The fraction of sp³-hybridized carbons (Fsp3) is 0.308. The summed E-state index contributed by atoms with van der Waals surface area (Å²) < 4.78 is 45.2. The SMILES string of the molecule is CNCc1ccc(S(=O)(=O)NCc2cc(C)on2)c(F)c1. The van der Waals surface area contributed by atoms with Crippen LogP contribution in [-0.2, 0) is 23.1 Å². The van der Waals surface area contributed by atoms with Crippen molar-refractivity contribution in [3.63, 3.8) is 0 Å². The van der Waals surface area contributed by atoms with Gasteiger partial charge in [-0.25, -0.2) is 17.5 Å². The zero-order valence-electron chi connectivity index (χ0n) is 11.7. The number of hydrogen-bond acceptors (Lipinski definition) is 5. The highest BCUT2D eigenvalue weighted by Gasteiger charge is 2.19. The summed E-state index contributed by atoms with van der Waals surface area (Å²) in [6, 6.07) is 5.62. The lowest BCUT2D eigenvalue weighted by Crippen LogP contribution is -2.24. The topological polar surface area (TPSA) is 84.2 Å². The number of rotatable bonds is 6. The smallest absolute Gasteiger partial charge is 0.243 e. The Morgan fingerprint density at radius 1 is 1.29 bits per heavy atom. The van der Waals surface area contributed by atoms with Gasteiger partial charge in [0.2, 0.25) is 10.0 Å². The zero-order chi connectivity index (χ0) is 15.5. The van der Waals surface area contributed by atoms with Crippen molar-refractivity contribution >= 4 is 10.0 Å². The van der Waals surface area contributed by atoms with Crippen molar-refractivity contribution in [1.29, 1.82) is 0 Å². The lowest BCUT2D eigenvalue weighted by Gasteiger charge is -2.08. The Labute approximate surface area is 122 Å². The predicted molar refractivity (Wildman–Crippen MR) is 74.4 cm³/mol. The van der Waals surface area contributed by atoms with Gasteiger partial charge in [-0.1, -0.05) is 11.2 Å². The summed E-state index contributed by atoms with van der Waals surface area (Å²) in [6.07, 6.45) is 0. The first-order valence-electron chi connectivity index (χ1n) is 6.27. The van der Waals surface area contributed by atoms with Crippen molar-refractivity contribution in [3.05, 3.63) is 47.1 Å². The van der Waals surface area contributed by atoms with Gasteiger partial charge >= 0.3 is 0 Å². The number of nitrogens with one attached hydrogen (secondary N) is 2. The van der Waals surface area contributed by atoms with E-state index in [1.165, 1.54) is 12.1 Å². The minimum absolute atomic E-state index is 0.0582. The highest BCUT2D eigenvalue weighted by molar-refractivity contribution is 7.89. The average Bonchev–Trinajstić information content (AvgIpc) is 2.83. The molecule has 0 aliphatic heterocycles. The number of benzene rings is 1. The molecular weight excluding hydrogens is 297 g/mol. The fourth-order valence-electron chi connectivity index (χ4n) is 1.82. The van der Waals surface area contributed by atoms with Crippen LogP contribution in [0.3, 0.4) is 0 Å². The molecular formula is C13H16FN3O3S. The summed E-state index contributed by atoms with van der Waals surface area (Å²) in [7, 11) is -2.21. The van der Waals surface area contributed by atoms with E-state index in [1.807, 2.05) is 0 Å². The quantitative estimate of drug-likeness (QED) is 0.840. The van der Waals surface area contributed by atoms with Crippen molar-refractivity contribution in [2.45, 2.75) is 24.9 Å². The molecule has 0 amide bonds. The van der Waals surface area contributed by atoms with Gasteiger partial charge in [-0.2, -0.15) is 0 Å². The van der Waals surface area contributed by atoms with Crippen LogP contribution in [0.5, 0.6) is 0 Å². The molecule has 8 heteroatoms. The van der Waals surface area contributed by atoms with Crippen molar-refractivity contribution in [2.24, 2.45) is 0 Å². The molecule has 0 aliphatic carbocycles. The first-order valence-corrected chi connectivity index (χ1v) is 7.75. The van der Waals surface area contributed by atoms with Crippen LogP contribution in [0.4, 0.5) is 4.39 Å². The van der Waals surface area contributed by atoms with Crippen LogP contribution in [0, 0.1) is 12.7 Å². The monoisotopic (exact) mass is 313 g/mol. The molecule has 1 aromatic carbocycles. The molecule has 1 heterocycles. The van der Waals surface area contributed by atoms with E-state index in [9.17, 15) is 12.8 Å². The van der Waals surface area contributed by atoms with Crippen LogP contribution in [0.25, 0.3) is 0 Å². The van der Waals surface area contributed by atoms with Gasteiger partial charge in [-0.15, -0.1) is 0 Å². The van der Waals surface area contributed by atoms with Crippen LogP contribution in [0.1, 0.15) is 17.0 Å². The summed E-state index contributed by atoms with van der Waals surface area (Å²) in [5.41, 5.74) is 1.10. The van der Waals surface area contributed by atoms with E-state index in [1.54, 1.807) is 26.1 Å². The Bertz CT molecular complexity index is 728. The second-order valence-corrected chi connectivity index (χ2v) is 6.28. The summed E-state index contributed by atoms with van der Waals surface area (Å²) in [5, 5.41) is 6.54. The highest BCUT2D eigenvalue weighted by atomic mass is 32.2. The van der Waals surface area contributed by atoms with E-state index < -0.39 is 15.8 Å². The maximum Gasteiger partial charge on any atom is 0.243 e. The predicted octanol–water partition coefficient (Wildman–Crippen LogP) is 1.32. The van der Waals surface area contributed by atoms with Gasteiger partial charge in [0.1, 0.15) is 16.5 Å². The number of halogens is 1. The van der Waals surface area contributed by atoms with Gasteiger partial charge in [0.15, 0.2) is 0 Å². The molecule has 2 N–H and O–H groups in total. The Balaban J connectivity index is 2.15. The lowest BCUT2D eigenvalue weighted by atomic mass is 10.2. The van der Waals surface area contributed by atoms with Gasteiger partial charge in [-0.05, 0) is 31.7 Å². The Morgan fingerprint density at radius 3 is 2.62 bits per heavy atom. The van der Waals surface area contributed by atoms with E-state index >= 15 is 0 Å². The molecule has 0 aliphatic rings. The molecule has 0 unspecified atom stereocenters. The van der Waals surface area contributed by atoms with Gasteiger partial charge in [-0.3, -0.25) is 0 Å². The number of nitrogens with zero attached hydrogens (tertiary/aromatic N) is 1. The molecule has 114 valence electrons. The Morgan fingerprint density at radius 2 is 2.05 bits per heavy atom. The van der Waals surface area contributed by atoms with Crippen LogP contribution in [0.15, 0.2) is 33.7 Å².